The van der Waals surface area contributed by atoms with Crippen molar-refractivity contribution >= 4 is 12.0 Å². The minimum absolute atomic E-state index is 0.0591. The van der Waals surface area contributed by atoms with Gasteiger partial charge in [0.25, 0.3) is 0 Å². The Balaban J connectivity index is 2.60. The molecule has 0 radical (unpaired) electrons. The van der Waals surface area contributed by atoms with Crippen LogP contribution in [-0.4, -0.2) is 31.8 Å². The Labute approximate surface area is 160 Å². The van der Waals surface area contributed by atoms with Gasteiger partial charge in [-0.15, -0.1) is 0 Å². The predicted octanol–water partition coefficient (Wildman–Crippen LogP) is 3.31. The van der Waals surface area contributed by atoms with Crippen LogP contribution < -0.4 is 20.1 Å². The maximum absolute atomic E-state index is 12.7. The molecule has 0 saturated carbocycles. The molecule has 2 rings (SSSR count). The number of hydrogen-bond donors (Lipinski definition) is 2. The second-order valence-electron chi connectivity index (χ2n) is 6.30. The fourth-order valence-corrected chi connectivity index (χ4v) is 3.00. The van der Waals surface area contributed by atoms with E-state index in [0.29, 0.717) is 41.5 Å². The Morgan fingerprint density at radius 2 is 1.81 bits per heavy atom. The fraction of sp³-hybridized carbons (Fsp3) is 0.500. The highest BCUT2D eigenvalue weighted by Gasteiger charge is 2.36. The maximum Gasteiger partial charge on any atom is 0.338 e. The highest BCUT2D eigenvalue weighted by atomic mass is 16.5. The largest absolute Gasteiger partial charge is 0.494 e. The summed E-state index contributed by atoms with van der Waals surface area (Å²) >= 11 is 0. The standard InChI is InChI=1S/C20H28N2O5/c1-6-25-13-9-10-14(15(11-13)26-7-2)18-16(19(23)27-8-3)17(12(4)5)21-20(24)22-18/h9-12,18H,6-8H2,1-5H3,(H2,21,22,24). The minimum atomic E-state index is -0.674. The Kier molecular flexibility index (Phi) is 7.10. The number of allylic oxidation sites excluding steroid dienone is 1. The lowest BCUT2D eigenvalue weighted by Crippen LogP contribution is -2.47. The lowest BCUT2D eigenvalue weighted by atomic mass is 9.91. The highest BCUT2D eigenvalue weighted by molar-refractivity contribution is 5.95. The first-order valence-corrected chi connectivity index (χ1v) is 9.31. The average molecular weight is 376 g/mol. The van der Waals surface area contributed by atoms with Gasteiger partial charge in [-0.3, -0.25) is 0 Å². The fourth-order valence-electron chi connectivity index (χ4n) is 3.00. The number of esters is 1. The summed E-state index contributed by atoms with van der Waals surface area (Å²) in [6.07, 6.45) is 0. The van der Waals surface area contributed by atoms with Crippen LogP contribution in [-0.2, 0) is 9.53 Å². The lowest BCUT2D eigenvalue weighted by molar-refractivity contribution is -0.139. The third-order valence-electron chi connectivity index (χ3n) is 4.08. The molecule has 1 atom stereocenters. The third kappa shape index (κ3) is 4.72. The van der Waals surface area contributed by atoms with Crippen LogP contribution in [0.2, 0.25) is 0 Å². The van der Waals surface area contributed by atoms with E-state index in [1.165, 1.54) is 0 Å². The lowest BCUT2D eigenvalue weighted by Gasteiger charge is -2.31. The van der Waals surface area contributed by atoms with Gasteiger partial charge in [-0.05, 0) is 38.8 Å². The van der Waals surface area contributed by atoms with Crippen LogP contribution in [0, 0.1) is 5.92 Å². The summed E-state index contributed by atoms with van der Waals surface area (Å²) in [5.41, 5.74) is 1.62. The monoisotopic (exact) mass is 376 g/mol. The number of hydrogen-bond acceptors (Lipinski definition) is 5. The van der Waals surface area contributed by atoms with Gasteiger partial charge in [0.1, 0.15) is 11.5 Å². The molecule has 148 valence electrons. The van der Waals surface area contributed by atoms with Crippen molar-refractivity contribution in [2.45, 2.75) is 40.7 Å². The van der Waals surface area contributed by atoms with Crippen molar-refractivity contribution < 1.29 is 23.8 Å². The number of benzene rings is 1. The molecular formula is C20H28N2O5. The molecule has 0 spiro atoms. The van der Waals surface area contributed by atoms with E-state index in [0.717, 1.165) is 0 Å². The predicted molar refractivity (Wildman–Crippen MR) is 102 cm³/mol. The number of ether oxygens (including phenoxy) is 3. The Morgan fingerprint density at radius 1 is 1.11 bits per heavy atom. The minimum Gasteiger partial charge on any atom is -0.494 e. The van der Waals surface area contributed by atoms with Crippen molar-refractivity contribution in [2.24, 2.45) is 5.92 Å². The van der Waals surface area contributed by atoms with Crippen LogP contribution in [0.1, 0.15) is 46.2 Å². The summed E-state index contributed by atoms with van der Waals surface area (Å²) in [6, 6.07) is 4.34. The van der Waals surface area contributed by atoms with Crippen LogP contribution in [0.5, 0.6) is 11.5 Å². The van der Waals surface area contributed by atoms with Crippen LogP contribution in [0.3, 0.4) is 0 Å². The van der Waals surface area contributed by atoms with Gasteiger partial charge in [-0.25, -0.2) is 9.59 Å². The molecule has 27 heavy (non-hydrogen) atoms. The molecule has 0 aliphatic carbocycles. The van der Waals surface area contributed by atoms with Gasteiger partial charge < -0.3 is 24.8 Å². The number of nitrogens with one attached hydrogen (secondary N) is 2. The summed E-state index contributed by atoms with van der Waals surface area (Å²) in [7, 11) is 0. The summed E-state index contributed by atoms with van der Waals surface area (Å²) < 4.78 is 16.6. The van der Waals surface area contributed by atoms with Gasteiger partial charge in [-0.2, -0.15) is 0 Å². The molecule has 1 aromatic carbocycles. The second-order valence-corrected chi connectivity index (χ2v) is 6.30. The zero-order valence-corrected chi connectivity index (χ0v) is 16.5. The van der Waals surface area contributed by atoms with Crippen molar-refractivity contribution in [3.05, 3.63) is 35.0 Å². The van der Waals surface area contributed by atoms with Crippen molar-refractivity contribution in [3.63, 3.8) is 0 Å². The average Bonchev–Trinajstić information content (AvgIpc) is 2.62. The molecule has 1 aromatic rings. The SMILES string of the molecule is CCOC(=O)C1=C(C(C)C)NC(=O)NC1c1ccc(OCC)cc1OCC. The molecule has 1 unspecified atom stereocenters. The van der Waals surface area contributed by atoms with Crippen molar-refractivity contribution in [1.29, 1.82) is 0 Å². The van der Waals surface area contributed by atoms with Crippen LogP contribution >= 0.6 is 0 Å². The van der Waals surface area contributed by atoms with E-state index in [-0.39, 0.29) is 18.6 Å². The van der Waals surface area contributed by atoms with Gasteiger partial charge in [-0.1, -0.05) is 13.8 Å². The quantitative estimate of drug-likeness (QED) is 0.680. The molecule has 0 fully saturated rings. The highest BCUT2D eigenvalue weighted by Crippen LogP contribution is 2.37. The third-order valence-corrected chi connectivity index (χ3v) is 4.08. The first kappa shape index (κ1) is 20.6. The van der Waals surface area contributed by atoms with Crippen molar-refractivity contribution in [1.82, 2.24) is 10.6 Å². The number of rotatable bonds is 8. The molecule has 0 aromatic heterocycles. The molecule has 7 heteroatoms. The van der Waals surface area contributed by atoms with Crippen LogP contribution in [0.15, 0.2) is 29.5 Å². The smallest absolute Gasteiger partial charge is 0.338 e. The molecular weight excluding hydrogens is 348 g/mol. The van der Waals surface area contributed by atoms with Gasteiger partial charge >= 0.3 is 12.0 Å². The molecule has 7 nitrogen and oxygen atoms in total. The molecule has 2 N–H and O–H groups in total. The normalized spacial score (nSPS) is 16.7. The van der Waals surface area contributed by atoms with Gasteiger partial charge in [0.2, 0.25) is 0 Å². The molecule has 1 heterocycles. The molecule has 0 bridgehead atoms. The molecule has 2 amide bonds. The topological polar surface area (TPSA) is 85.9 Å². The van der Waals surface area contributed by atoms with Crippen LogP contribution in [0.4, 0.5) is 4.79 Å². The number of carbonyl (C=O) groups is 2. The zero-order valence-electron chi connectivity index (χ0n) is 16.5. The first-order chi connectivity index (χ1) is 12.9. The summed E-state index contributed by atoms with van der Waals surface area (Å²) in [5.74, 6) is 0.697. The Hall–Kier alpha value is -2.70. The molecule has 0 saturated heterocycles. The second kappa shape index (κ2) is 9.30. The van der Waals surface area contributed by atoms with E-state index in [4.69, 9.17) is 14.2 Å². The van der Waals surface area contributed by atoms with E-state index in [1.54, 1.807) is 19.1 Å². The summed E-state index contributed by atoms with van der Waals surface area (Å²) in [6.45, 7) is 10.6. The Bertz CT molecular complexity index is 727. The van der Waals surface area contributed by atoms with Crippen LogP contribution in [0.25, 0.3) is 0 Å². The van der Waals surface area contributed by atoms with Crippen molar-refractivity contribution in [3.8, 4) is 11.5 Å². The van der Waals surface area contributed by atoms with E-state index in [9.17, 15) is 9.59 Å². The van der Waals surface area contributed by atoms with Gasteiger partial charge in [0.15, 0.2) is 0 Å². The zero-order chi connectivity index (χ0) is 20.0. The summed E-state index contributed by atoms with van der Waals surface area (Å²) in [4.78, 5) is 25.0. The number of urea groups is 1. The molecule has 1 aliphatic heterocycles. The van der Waals surface area contributed by atoms with E-state index < -0.39 is 12.0 Å². The van der Waals surface area contributed by atoms with E-state index in [1.807, 2.05) is 33.8 Å². The molecule has 1 aliphatic rings. The Morgan fingerprint density at radius 3 is 2.41 bits per heavy atom. The maximum atomic E-state index is 12.7. The number of carbonyl (C=O) groups excluding carboxylic acids is 2. The number of amides is 2. The summed E-state index contributed by atoms with van der Waals surface area (Å²) in [5, 5.41) is 5.58. The van der Waals surface area contributed by atoms with Crippen molar-refractivity contribution in [2.75, 3.05) is 19.8 Å². The first-order valence-electron chi connectivity index (χ1n) is 9.31. The van der Waals surface area contributed by atoms with Gasteiger partial charge in [0.05, 0.1) is 31.4 Å². The van der Waals surface area contributed by atoms with E-state index >= 15 is 0 Å². The van der Waals surface area contributed by atoms with E-state index in [2.05, 4.69) is 10.6 Å². The van der Waals surface area contributed by atoms with Gasteiger partial charge in [0, 0.05) is 17.3 Å².